The van der Waals surface area contributed by atoms with E-state index in [1.807, 2.05) is 0 Å². The van der Waals surface area contributed by atoms with E-state index < -0.39 is 20.9 Å². The van der Waals surface area contributed by atoms with E-state index in [1.54, 1.807) is 12.1 Å². The Morgan fingerprint density at radius 2 is 1.93 bits per heavy atom. The summed E-state index contributed by atoms with van der Waals surface area (Å²) in [7, 11) is -3.62. The molecule has 1 aliphatic heterocycles. The smallest absolute Gasteiger partial charge is 0.276 e. The zero-order valence-corrected chi connectivity index (χ0v) is 16.0. The van der Waals surface area contributed by atoms with Gasteiger partial charge in [0.25, 0.3) is 11.6 Å². The molecule has 0 unspecified atom stereocenters. The molecule has 3 aromatic rings. The number of benzene rings is 2. The van der Waals surface area contributed by atoms with Crippen molar-refractivity contribution in [3.63, 3.8) is 0 Å². The molecular formula is C18H17N5O5S. The number of nitro groups is 1. The Morgan fingerprint density at radius 3 is 2.66 bits per heavy atom. The first kappa shape index (κ1) is 19.0. The number of nitro benzene ring substituents is 1. The highest BCUT2D eigenvalue weighted by Gasteiger charge is 2.27. The summed E-state index contributed by atoms with van der Waals surface area (Å²) in [4.78, 5) is 23.2. The van der Waals surface area contributed by atoms with Crippen molar-refractivity contribution in [2.24, 2.45) is 0 Å². The number of anilines is 1. The van der Waals surface area contributed by atoms with Crippen molar-refractivity contribution in [1.29, 1.82) is 0 Å². The highest BCUT2D eigenvalue weighted by atomic mass is 32.2. The van der Waals surface area contributed by atoms with Crippen LogP contribution in [0.15, 0.2) is 47.4 Å². The van der Waals surface area contributed by atoms with Gasteiger partial charge in [0.15, 0.2) is 5.69 Å². The molecule has 1 fully saturated rings. The summed E-state index contributed by atoms with van der Waals surface area (Å²) < 4.78 is 26.8. The normalized spacial score (nSPS) is 14.9. The molecule has 0 atom stereocenters. The summed E-state index contributed by atoms with van der Waals surface area (Å²) in [6, 6.07) is 10.0. The van der Waals surface area contributed by atoms with Crippen molar-refractivity contribution < 1.29 is 18.1 Å². The zero-order valence-electron chi connectivity index (χ0n) is 15.2. The molecule has 1 aliphatic rings. The zero-order chi connectivity index (χ0) is 20.6. The van der Waals surface area contributed by atoms with Crippen molar-refractivity contribution >= 4 is 38.2 Å². The van der Waals surface area contributed by atoms with E-state index >= 15 is 0 Å². The van der Waals surface area contributed by atoms with Crippen molar-refractivity contribution in [1.82, 2.24) is 14.5 Å². The highest BCUT2D eigenvalue weighted by molar-refractivity contribution is 7.89. The summed E-state index contributed by atoms with van der Waals surface area (Å²) >= 11 is 0. The average molecular weight is 415 g/mol. The molecule has 1 aromatic heterocycles. The summed E-state index contributed by atoms with van der Waals surface area (Å²) in [6.07, 6.45) is 1.65. The fraction of sp³-hybridized carbons (Fsp3) is 0.222. The minimum atomic E-state index is -3.62. The SMILES string of the molecule is O=C(Nc1cccc(S(=O)(=O)N2CCCC2)c1)c1n[nH]c2ccc([N+](=O)[O-])cc12. The first-order valence-electron chi connectivity index (χ1n) is 8.90. The number of carbonyl (C=O) groups is 1. The van der Waals surface area contributed by atoms with Crippen LogP contribution in [0, 0.1) is 10.1 Å². The number of non-ortho nitro benzene ring substituents is 1. The van der Waals surface area contributed by atoms with Gasteiger partial charge >= 0.3 is 0 Å². The maximum Gasteiger partial charge on any atom is 0.276 e. The van der Waals surface area contributed by atoms with E-state index in [1.165, 1.54) is 34.6 Å². The van der Waals surface area contributed by atoms with Crippen LogP contribution in [-0.2, 0) is 10.0 Å². The lowest BCUT2D eigenvalue weighted by molar-refractivity contribution is -0.384. The van der Waals surface area contributed by atoms with Crippen LogP contribution in [0.3, 0.4) is 0 Å². The molecule has 2 heterocycles. The highest BCUT2D eigenvalue weighted by Crippen LogP contribution is 2.25. The largest absolute Gasteiger partial charge is 0.321 e. The van der Waals surface area contributed by atoms with Crippen LogP contribution >= 0.6 is 0 Å². The second kappa shape index (κ2) is 7.26. The number of fused-ring (bicyclic) bond motifs is 1. The van der Waals surface area contributed by atoms with Gasteiger partial charge in [-0.25, -0.2) is 8.42 Å². The summed E-state index contributed by atoms with van der Waals surface area (Å²) in [5.41, 5.74) is 0.589. The molecule has 0 spiro atoms. The van der Waals surface area contributed by atoms with Crippen LogP contribution in [0.25, 0.3) is 10.9 Å². The van der Waals surface area contributed by atoms with E-state index in [0.29, 0.717) is 24.0 Å². The first-order chi connectivity index (χ1) is 13.9. The van der Waals surface area contributed by atoms with E-state index in [0.717, 1.165) is 12.8 Å². The number of amides is 1. The average Bonchev–Trinajstić information content (AvgIpc) is 3.38. The predicted molar refractivity (Wildman–Crippen MR) is 105 cm³/mol. The summed E-state index contributed by atoms with van der Waals surface area (Å²) in [6.45, 7) is 0.966. The van der Waals surface area contributed by atoms with Crippen molar-refractivity contribution in [3.05, 3.63) is 58.3 Å². The number of aromatic amines is 1. The van der Waals surface area contributed by atoms with Gasteiger partial charge in [-0.1, -0.05) is 6.07 Å². The Labute approximate surface area is 165 Å². The summed E-state index contributed by atoms with van der Waals surface area (Å²) in [5.74, 6) is -0.604. The fourth-order valence-electron chi connectivity index (χ4n) is 3.29. The van der Waals surface area contributed by atoms with Crippen LogP contribution in [0.2, 0.25) is 0 Å². The molecule has 2 aromatic carbocycles. The molecule has 0 saturated carbocycles. The minimum Gasteiger partial charge on any atom is -0.321 e. The molecule has 10 nitrogen and oxygen atoms in total. The van der Waals surface area contributed by atoms with Crippen molar-refractivity contribution in [2.45, 2.75) is 17.7 Å². The van der Waals surface area contributed by atoms with Crippen LogP contribution in [0.5, 0.6) is 0 Å². The van der Waals surface area contributed by atoms with Gasteiger partial charge in [-0.05, 0) is 37.1 Å². The molecule has 1 amide bonds. The Kier molecular flexibility index (Phi) is 4.76. The standard InChI is InChI=1S/C18H17N5O5S/c24-18(17-15-11-13(23(25)26)6-7-16(15)20-21-17)19-12-4-3-5-14(10-12)29(27,28)22-8-1-2-9-22/h3-7,10-11H,1-2,8-9H2,(H,19,24)(H,20,21). The fourth-order valence-corrected chi connectivity index (χ4v) is 4.85. The quantitative estimate of drug-likeness (QED) is 0.485. The van der Waals surface area contributed by atoms with Gasteiger partial charge < -0.3 is 5.32 Å². The van der Waals surface area contributed by atoms with E-state index in [9.17, 15) is 23.3 Å². The van der Waals surface area contributed by atoms with Gasteiger partial charge in [0.1, 0.15) is 0 Å². The van der Waals surface area contributed by atoms with Gasteiger partial charge in [0.05, 0.1) is 15.3 Å². The van der Waals surface area contributed by atoms with Gasteiger partial charge in [0, 0.05) is 36.3 Å². The predicted octanol–water partition coefficient (Wildman–Crippen LogP) is 2.51. The van der Waals surface area contributed by atoms with Crippen LogP contribution in [-0.4, -0.2) is 46.8 Å². The lowest BCUT2D eigenvalue weighted by atomic mass is 10.2. The molecule has 1 saturated heterocycles. The minimum absolute atomic E-state index is 0.0171. The van der Waals surface area contributed by atoms with E-state index in [4.69, 9.17) is 0 Å². The molecule has 150 valence electrons. The van der Waals surface area contributed by atoms with Gasteiger partial charge in [-0.3, -0.25) is 20.0 Å². The van der Waals surface area contributed by atoms with E-state index in [-0.39, 0.29) is 22.0 Å². The molecule has 2 N–H and O–H groups in total. The lowest BCUT2D eigenvalue weighted by Crippen LogP contribution is -2.27. The monoisotopic (exact) mass is 415 g/mol. The van der Waals surface area contributed by atoms with Gasteiger partial charge in [0.2, 0.25) is 10.0 Å². The number of nitrogens with zero attached hydrogens (tertiary/aromatic N) is 3. The molecule has 11 heteroatoms. The summed E-state index contributed by atoms with van der Waals surface area (Å²) in [5, 5.41) is 20.5. The number of H-pyrrole nitrogens is 1. The Hall–Kier alpha value is -3.31. The maximum absolute atomic E-state index is 12.7. The first-order valence-corrected chi connectivity index (χ1v) is 10.3. The number of sulfonamides is 1. The molecule has 4 rings (SSSR count). The lowest BCUT2D eigenvalue weighted by Gasteiger charge is -2.16. The molecule has 29 heavy (non-hydrogen) atoms. The molecule has 0 aliphatic carbocycles. The third-order valence-electron chi connectivity index (χ3n) is 4.77. The number of hydrogen-bond acceptors (Lipinski definition) is 6. The van der Waals surface area contributed by atoms with Gasteiger partial charge in [-0.15, -0.1) is 0 Å². The van der Waals surface area contributed by atoms with Crippen molar-refractivity contribution in [2.75, 3.05) is 18.4 Å². The number of aromatic nitrogens is 2. The Morgan fingerprint density at radius 1 is 1.17 bits per heavy atom. The van der Waals surface area contributed by atoms with Crippen LogP contribution in [0.4, 0.5) is 11.4 Å². The molecule has 0 radical (unpaired) electrons. The van der Waals surface area contributed by atoms with Crippen LogP contribution in [0.1, 0.15) is 23.3 Å². The molecular weight excluding hydrogens is 398 g/mol. The number of carbonyl (C=O) groups excluding carboxylic acids is 1. The topological polar surface area (TPSA) is 138 Å². The third-order valence-corrected chi connectivity index (χ3v) is 6.66. The molecule has 0 bridgehead atoms. The Bertz CT molecular complexity index is 1210. The second-order valence-electron chi connectivity index (χ2n) is 6.65. The van der Waals surface area contributed by atoms with Crippen molar-refractivity contribution in [3.8, 4) is 0 Å². The number of nitrogens with one attached hydrogen (secondary N) is 2. The van der Waals surface area contributed by atoms with E-state index in [2.05, 4.69) is 15.5 Å². The Balaban J connectivity index is 1.62. The van der Waals surface area contributed by atoms with Gasteiger partial charge in [-0.2, -0.15) is 9.40 Å². The maximum atomic E-state index is 12.7. The second-order valence-corrected chi connectivity index (χ2v) is 8.59. The van der Waals surface area contributed by atoms with Crippen LogP contribution < -0.4 is 5.32 Å². The number of hydrogen-bond donors (Lipinski definition) is 2. The third kappa shape index (κ3) is 3.57. The number of rotatable bonds is 5.